The van der Waals surface area contributed by atoms with Gasteiger partial charge in [0.15, 0.2) is 0 Å². The molecular weight excluding hydrogens is 289 g/mol. The third kappa shape index (κ3) is 3.17. The van der Waals surface area contributed by atoms with Crippen molar-refractivity contribution in [3.05, 3.63) is 70.2 Å². The summed E-state index contributed by atoms with van der Waals surface area (Å²) in [5.74, 6) is 0. The summed E-state index contributed by atoms with van der Waals surface area (Å²) in [6.45, 7) is 6.70. The highest BCUT2D eigenvalue weighted by Gasteiger charge is 2.12. The van der Waals surface area contributed by atoms with Crippen LogP contribution >= 0.6 is 23.2 Å². The van der Waals surface area contributed by atoms with Crippen molar-refractivity contribution in [3.63, 3.8) is 0 Å². The van der Waals surface area contributed by atoms with Crippen LogP contribution in [0.1, 0.15) is 18.1 Å². The van der Waals surface area contributed by atoms with Crippen molar-refractivity contribution in [2.45, 2.75) is 13.5 Å². The Morgan fingerprint density at radius 2 is 1.65 bits per heavy atom. The molecule has 0 aliphatic heterocycles. The maximum absolute atomic E-state index is 6.23. The third-order valence-corrected chi connectivity index (χ3v) is 3.94. The number of rotatable bonds is 4. The molecule has 0 atom stereocenters. The fourth-order valence-corrected chi connectivity index (χ4v) is 2.69. The summed E-state index contributed by atoms with van der Waals surface area (Å²) in [6.07, 6.45) is 0. The molecule has 0 heterocycles. The Bertz CT molecular complexity index is 614. The van der Waals surface area contributed by atoms with Gasteiger partial charge >= 0.3 is 0 Å². The van der Waals surface area contributed by atoms with E-state index in [4.69, 9.17) is 23.2 Å². The van der Waals surface area contributed by atoms with Gasteiger partial charge in [0.1, 0.15) is 0 Å². The summed E-state index contributed by atoms with van der Waals surface area (Å²) >= 11 is 12.5. The van der Waals surface area contributed by atoms with E-state index in [1.165, 1.54) is 0 Å². The van der Waals surface area contributed by atoms with Crippen LogP contribution in [0.2, 0.25) is 10.0 Å². The third-order valence-electron chi connectivity index (χ3n) is 3.23. The first-order valence-electron chi connectivity index (χ1n) is 6.39. The van der Waals surface area contributed by atoms with Gasteiger partial charge in [-0.25, -0.2) is 0 Å². The van der Waals surface area contributed by atoms with E-state index in [-0.39, 0.29) is 0 Å². The lowest BCUT2D eigenvalue weighted by Gasteiger charge is -2.23. The highest BCUT2D eigenvalue weighted by atomic mass is 35.5. The van der Waals surface area contributed by atoms with Gasteiger partial charge in [0, 0.05) is 40.5 Å². The van der Waals surface area contributed by atoms with Crippen molar-refractivity contribution in [1.29, 1.82) is 0 Å². The Hall–Kier alpha value is -1.44. The Kier molecular flexibility index (Phi) is 4.74. The lowest BCUT2D eigenvalue weighted by Crippen LogP contribution is -2.18. The quantitative estimate of drug-likeness (QED) is 0.704. The summed E-state index contributed by atoms with van der Waals surface area (Å²) in [5.41, 5.74) is 4.24. The smallest absolute Gasteiger partial charge is 0.0470 e. The molecule has 0 bridgehead atoms. The van der Waals surface area contributed by atoms with Crippen molar-refractivity contribution >= 4 is 34.5 Å². The number of allylic oxidation sites excluding steroid dienone is 1. The minimum atomic E-state index is 0.656. The molecule has 0 aliphatic carbocycles. The average Bonchev–Trinajstić information content (AvgIpc) is 2.43. The fourth-order valence-electron chi connectivity index (χ4n) is 2.17. The summed E-state index contributed by atoms with van der Waals surface area (Å²) in [7, 11) is 2.03. The number of benzene rings is 2. The second-order valence-electron chi connectivity index (χ2n) is 4.85. The molecule has 2 aromatic rings. The predicted molar refractivity (Wildman–Crippen MR) is 89.7 cm³/mol. The average molecular weight is 306 g/mol. The summed E-state index contributed by atoms with van der Waals surface area (Å²) < 4.78 is 0. The van der Waals surface area contributed by atoms with Crippen LogP contribution < -0.4 is 4.90 Å². The van der Waals surface area contributed by atoms with E-state index in [1.807, 2.05) is 44.3 Å². The van der Waals surface area contributed by atoms with E-state index in [0.29, 0.717) is 16.6 Å². The topological polar surface area (TPSA) is 3.24 Å². The second kappa shape index (κ2) is 6.34. The van der Waals surface area contributed by atoms with E-state index in [9.17, 15) is 0 Å². The van der Waals surface area contributed by atoms with Gasteiger partial charge in [-0.05, 0) is 30.7 Å². The summed E-state index contributed by atoms with van der Waals surface area (Å²) in [5, 5.41) is 1.38. The first-order valence-corrected chi connectivity index (χ1v) is 7.15. The van der Waals surface area contributed by atoms with Crippen LogP contribution in [-0.2, 0) is 6.54 Å². The molecule has 0 unspecified atom stereocenters. The largest absolute Gasteiger partial charge is 0.370 e. The first kappa shape index (κ1) is 15.0. The number of hydrogen-bond donors (Lipinski definition) is 0. The van der Waals surface area contributed by atoms with Crippen molar-refractivity contribution in [2.75, 3.05) is 11.9 Å². The molecule has 0 aliphatic rings. The molecule has 0 saturated heterocycles. The van der Waals surface area contributed by atoms with E-state index in [2.05, 4.69) is 23.6 Å². The minimum absolute atomic E-state index is 0.656. The van der Waals surface area contributed by atoms with Crippen LogP contribution in [0.15, 0.2) is 49.0 Å². The van der Waals surface area contributed by atoms with Crippen LogP contribution in [-0.4, -0.2) is 7.05 Å². The molecule has 0 N–H and O–H groups in total. The molecule has 0 spiro atoms. The van der Waals surface area contributed by atoms with Crippen molar-refractivity contribution in [3.8, 4) is 0 Å². The molecule has 3 heteroatoms. The van der Waals surface area contributed by atoms with Crippen molar-refractivity contribution in [2.24, 2.45) is 0 Å². The van der Waals surface area contributed by atoms with Gasteiger partial charge in [-0.3, -0.25) is 0 Å². The van der Waals surface area contributed by atoms with Gasteiger partial charge in [-0.1, -0.05) is 54.0 Å². The molecule has 0 saturated carbocycles. The number of nitrogens with zero attached hydrogens (tertiary/aromatic N) is 1. The van der Waals surface area contributed by atoms with Crippen LogP contribution in [0, 0.1) is 0 Å². The molecule has 2 aromatic carbocycles. The predicted octanol–water partition coefficient (Wildman–Crippen LogP) is 5.66. The Morgan fingerprint density at radius 1 is 1.05 bits per heavy atom. The molecule has 0 radical (unpaired) electrons. The van der Waals surface area contributed by atoms with Crippen LogP contribution in [0.5, 0.6) is 0 Å². The van der Waals surface area contributed by atoms with Gasteiger partial charge in [0.2, 0.25) is 0 Å². The highest BCUT2D eigenvalue weighted by Crippen LogP contribution is 2.30. The zero-order valence-corrected chi connectivity index (χ0v) is 13.2. The van der Waals surface area contributed by atoms with Gasteiger partial charge in [-0.2, -0.15) is 0 Å². The highest BCUT2D eigenvalue weighted by molar-refractivity contribution is 6.36. The normalized spacial score (nSPS) is 10.4. The monoisotopic (exact) mass is 305 g/mol. The van der Waals surface area contributed by atoms with E-state index in [1.54, 1.807) is 0 Å². The number of hydrogen-bond acceptors (Lipinski definition) is 1. The Morgan fingerprint density at radius 3 is 2.25 bits per heavy atom. The standard InChI is InChI=1S/C17H17Cl2N/c1-12(2)13-7-4-5-10-17(13)20(3)11-14-15(18)8-6-9-16(14)19/h4-10H,1,11H2,2-3H3. The molecule has 2 rings (SSSR count). The summed E-state index contributed by atoms with van der Waals surface area (Å²) in [4.78, 5) is 2.14. The second-order valence-corrected chi connectivity index (χ2v) is 5.67. The van der Waals surface area contributed by atoms with E-state index < -0.39 is 0 Å². The summed E-state index contributed by atoms with van der Waals surface area (Å²) in [6, 6.07) is 13.8. The van der Waals surface area contributed by atoms with Gasteiger partial charge in [0.05, 0.1) is 0 Å². The molecule has 0 amide bonds. The maximum Gasteiger partial charge on any atom is 0.0470 e. The van der Waals surface area contributed by atoms with Gasteiger partial charge in [0.25, 0.3) is 0 Å². The van der Waals surface area contributed by atoms with Crippen molar-refractivity contribution in [1.82, 2.24) is 0 Å². The Labute approximate surface area is 130 Å². The minimum Gasteiger partial charge on any atom is -0.370 e. The number of anilines is 1. The zero-order valence-electron chi connectivity index (χ0n) is 11.7. The molecular formula is C17H17Cl2N. The van der Waals surface area contributed by atoms with E-state index >= 15 is 0 Å². The molecule has 1 nitrogen and oxygen atoms in total. The van der Waals surface area contributed by atoms with Gasteiger partial charge < -0.3 is 4.90 Å². The number of para-hydroxylation sites is 1. The van der Waals surface area contributed by atoms with E-state index in [0.717, 1.165) is 22.4 Å². The van der Waals surface area contributed by atoms with Crippen LogP contribution in [0.4, 0.5) is 5.69 Å². The maximum atomic E-state index is 6.23. The molecule has 0 aromatic heterocycles. The molecule has 104 valence electrons. The van der Waals surface area contributed by atoms with Crippen LogP contribution in [0.3, 0.4) is 0 Å². The van der Waals surface area contributed by atoms with Crippen molar-refractivity contribution < 1.29 is 0 Å². The molecule has 20 heavy (non-hydrogen) atoms. The lowest BCUT2D eigenvalue weighted by atomic mass is 10.1. The van der Waals surface area contributed by atoms with Gasteiger partial charge in [-0.15, -0.1) is 0 Å². The first-order chi connectivity index (χ1) is 9.50. The molecule has 0 fully saturated rings. The van der Waals surface area contributed by atoms with Crippen LogP contribution in [0.25, 0.3) is 5.57 Å². The Balaban J connectivity index is 2.34. The number of halogens is 2. The SMILES string of the molecule is C=C(C)c1ccccc1N(C)Cc1c(Cl)cccc1Cl. The fraction of sp³-hybridized carbons (Fsp3) is 0.176. The lowest BCUT2D eigenvalue weighted by molar-refractivity contribution is 0.921. The zero-order chi connectivity index (χ0) is 14.7.